The Balaban J connectivity index is 2.88. The summed E-state index contributed by atoms with van der Waals surface area (Å²) in [5, 5.41) is 0. The topological polar surface area (TPSA) is 44.8 Å². The van der Waals surface area contributed by atoms with Crippen LogP contribution in [0.4, 0.5) is 8.92 Å². The Labute approximate surface area is 83.0 Å². The summed E-state index contributed by atoms with van der Waals surface area (Å²) in [4.78, 5) is 0. The van der Waals surface area contributed by atoms with Crippen molar-refractivity contribution in [3.8, 4) is 5.75 Å². The van der Waals surface area contributed by atoms with Gasteiger partial charge in [-0.3, -0.25) is 0 Å². The van der Waals surface area contributed by atoms with Crippen molar-refractivity contribution in [3.63, 3.8) is 0 Å². The van der Waals surface area contributed by atoms with Gasteiger partial charge in [0, 0.05) is 0 Å². The smallest absolute Gasteiger partial charge is 0.398 e. The van der Waals surface area contributed by atoms with Crippen LogP contribution in [0.5, 0.6) is 5.75 Å². The Morgan fingerprint density at radius 2 is 2.00 bits per heavy atom. The predicted octanol–water partition coefficient (Wildman–Crippen LogP) is 3.38. The van der Waals surface area contributed by atoms with Crippen molar-refractivity contribution in [2.45, 2.75) is 0 Å². The van der Waals surface area contributed by atoms with Crippen LogP contribution < -0.4 is 4.52 Å². The van der Waals surface area contributed by atoms with Gasteiger partial charge in [-0.25, -0.2) is 8.96 Å². The molecule has 0 N–H and O–H groups in total. The van der Waals surface area contributed by atoms with E-state index in [0.29, 0.717) is 0 Å². The van der Waals surface area contributed by atoms with E-state index in [-0.39, 0.29) is 0 Å². The average Bonchev–Trinajstić information content (AvgIpc) is 2.21. The second kappa shape index (κ2) is 4.70. The van der Waals surface area contributed by atoms with Crippen molar-refractivity contribution in [2.24, 2.45) is 0 Å². The summed E-state index contributed by atoms with van der Waals surface area (Å²) in [6.45, 7) is 0. The third kappa shape index (κ3) is 2.65. The number of para-hydroxylation sites is 1. The molecule has 0 aliphatic rings. The summed E-state index contributed by atoms with van der Waals surface area (Å²) in [7, 11) is -4.57. The maximum atomic E-state index is 12.9. The van der Waals surface area contributed by atoms with E-state index in [1.165, 1.54) is 12.1 Å². The monoisotopic (exact) mass is 244 g/mol. The van der Waals surface area contributed by atoms with Crippen LogP contribution in [0, 0.1) is 5.82 Å². The van der Waals surface area contributed by atoms with Crippen LogP contribution in [0.1, 0.15) is 0 Å². The lowest BCUT2D eigenvalue weighted by molar-refractivity contribution is -0.0333. The van der Waals surface area contributed by atoms with Crippen LogP contribution in [-0.2, 0) is 13.4 Å². The summed E-state index contributed by atoms with van der Waals surface area (Å²) in [5.74, 6) is -1.34. The van der Waals surface area contributed by atoms with E-state index in [9.17, 15) is 13.5 Å². The fraction of sp³-hybridized carbons (Fsp3) is 0. The molecule has 14 heavy (non-hydrogen) atoms. The highest BCUT2D eigenvalue weighted by Crippen LogP contribution is 2.51. The first kappa shape index (κ1) is 11.4. The maximum absolute atomic E-state index is 12.9. The molecule has 0 fully saturated rings. The molecule has 0 saturated heterocycles. The van der Waals surface area contributed by atoms with Gasteiger partial charge in [-0.1, -0.05) is 16.9 Å². The van der Waals surface area contributed by atoms with Crippen LogP contribution in [0.2, 0.25) is 0 Å². The van der Waals surface area contributed by atoms with Gasteiger partial charge < -0.3 is 4.52 Å². The Kier molecular flexibility index (Phi) is 3.83. The van der Waals surface area contributed by atoms with Crippen LogP contribution >= 0.6 is 19.7 Å². The quantitative estimate of drug-likeness (QED) is 0.762. The Hall–Kier alpha value is -0.680. The van der Waals surface area contributed by atoms with Crippen LogP contribution in [0.15, 0.2) is 24.3 Å². The minimum absolute atomic E-state index is 0.492. The highest BCUT2D eigenvalue weighted by Gasteiger charge is 2.31. The second-order valence-corrected chi connectivity index (χ2v) is 3.87. The molecule has 0 saturated carbocycles. The minimum atomic E-state index is -4.57. The molecule has 1 atom stereocenters. The molecule has 0 bridgehead atoms. The van der Waals surface area contributed by atoms with Gasteiger partial charge in [-0.15, -0.1) is 0 Å². The average molecular weight is 245 g/mol. The number of hydrogen-bond acceptors (Lipinski definition) is 4. The highest BCUT2D eigenvalue weighted by atomic mass is 35.5. The molecule has 78 valence electrons. The molecule has 1 rings (SSSR count). The summed E-state index contributed by atoms with van der Waals surface area (Å²) < 4.78 is 46.1. The maximum Gasteiger partial charge on any atom is 0.578 e. The third-order valence-electron chi connectivity index (χ3n) is 1.22. The van der Waals surface area contributed by atoms with Crippen molar-refractivity contribution in [2.75, 3.05) is 0 Å². The van der Waals surface area contributed by atoms with Gasteiger partial charge in [0.15, 0.2) is 11.6 Å². The van der Waals surface area contributed by atoms with Crippen LogP contribution in [-0.4, -0.2) is 0 Å². The van der Waals surface area contributed by atoms with E-state index in [2.05, 4.69) is 25.2 Å². The van der Waals surface area contributed by atoms with E-state index in [1.54, 1.807) is 0 Å². The van der Waals surface area contributed by atoms with Gasteiger partial charge in [0.05, 0.1) is 11.9 Å². The Morgan fingerprint density at radius 1 is 1.36 bits per heavy atom. The van der Waals surface area contributed by atoms with E-state index in [1.807, 2.05) is 0 Å². The molecule has 0 heterocycles. The molecule has 8 heteroatoms. The molecule has 1 aromatic rings. The zero-order chi connectivity index (χ0) is 10.6. The van der Waals surface area contributed by atoms with Gasteiger partial charge in [0.2, 0.25) is 0 Å². The molecule has 0 radical (unpaired) electrons. The molecule has 1 unspecified atom stereocenters. The lowest BCUT2D eigenvalue weighted by Gasteiger charge is -2.09. The zero-order valence-corrected chi connectivity index (χ0v) is 8.17. The molecule has 1 aromatic carbocycles. The van der Waals surface area contributed by atoms with Gasteiger partial charge in [0.25, 0.3) is 0 Å². The van der Waals surface area contributed by atoms with E-state index in [4.69, 9.17) is 0 Å². The van der Waals surface area contributed by atoms with Gasteiger partial charge in [-0.05, 0) is 16.7 Å². The molecule has 0 aromatic heterocycles. The minimum Gasteiger partial charge on any atom is -0.398 e. The number of halogens is 3. The van der Waals surface area contributed by atoms with Crippen molar-refractivity contribution < 1.29 is 26.8 Å². The second-order valence-electron chi connectivity index (χ2n) is 2.11. The number of rotatable bonds is 4. The van der Waals surface area contributed by atoms with Gasteiger partial charge in [0.1, 0.15) is 0 Å². The van der Waals surface area contributed by atoms with Gasteiger partial charge in [-0.2, -0.15) is 4.08 Å². The first-order valence-corrected chi connectivity index (χ1v) is 5.03. The summed E-state index contributed by atoms with van der Waals surface area (Å²) in [6.07, 6.45) is 0. The lowest BCUT2D eigenvalue weighted by Crippen LogP contribution is -1.95. The molecule has 0 aliphatic heterocycles. The normalized spacial score (nSPS) is 14.8. The fourth-order valence-corrected chi connectivity index (χ4v) is 1.29. The van der Waals surface area contributed by atoms with Crippen molar-refractivity contribution in [1.29, 1.82) is 0 Å². The molecular weight excluding hydrogens is 240 g/mol. The lowest BCUT2D eigenvalue weighted by atomic mass is 10.3. The van der Waals surface area contributed by atoms with Crippen molar-refractivity contribution in [1.82, 2.24) is 0 Å². The summed E-state index contributed by atoms with van der Waals surface area (Å²) in [6, 6.07) is 4.88. The highest BCUT2D eigenvalue weighted by molar-refractivity contribution is 7.49. The van der Waals surface area contributed by atoms with Crippen LogP contribution in [0.25, 0.3) is 0 Å². The molecular formula is C6H4ClF2O4P. The number of phosphoric acid groups is 1. The van der Waals surface area contributed by atoms with E-state index >= 15 is 0 Å². The largest absolute Gasteiger partial charge is 0.578 e. The molecule has 0 spiro atoms. The van der Waals surface area contributed by atoms with Crippen LogP contribution in [0.3, 0.4) is 0 Å². The predicted molar refractivity (Wildman–Crippen MR) is 43.8 cm³/mol. The first-order valence-electron chi connectivity index (χ1n) is 3.26. The van der Waals surface area contributed by atoms with E-state index in [0.717, 1.165) is 12.1 Å². The SMILES string of the molecule is O=P(OF)(OCl)Oc1ccccc1F. The fourth-order valence-electron chi connectivity index (χ4n) is 0.678. The summed E-state index contributed by atoms with van der Waals surface area (Å²) >= 11 is 4.64. The van der Waals surface area contributed by atoms with E-state index < -0.39 is 19.4 Å². The Morgan fingerprint density at radius 3 is 2.50 bits per heavy atom. The molecule has 4 nitrogen and oxygen atoms in total. The number of benzene rings is 1. The third-order valence-corrected chi connectivity index (χ3v) is 2.48. The molecule has 0 amide bonds. The Bertz CT molecular complexity index is 353. The first-order chi connectivity index (χ1) is 6.61. The zero-order valence-electron chi connectivity index (χ0n) is 6.52. The summed E-state index contributed by atoms with van der Waals surface area (Å²) in [5.41, 5.74) is 0. The standard InChI is InChI=1S/C6H4ClF2O4P/c7-12-14(10,13-9)11-6-4-2-1-3-5(6)8/h1-4H. The molecule has 0 aliphatic carbocycles. The number of hydrogen-bond donors (Lipinski definition) is 0. The van der Waals surface area contributed by atoms with Crippen molar-refractivity contribution in [3.05, 3.63) is 30.1 Å². The van der Waals surface area contributed by atoms with Gasteiger partial charge >= 0.3 is 7.82 Å². The van der Waals surface area contributed by atoms with Crippen molar-refractivity contribution >= 4 is 19.7 Å².